The number of hydrogen-bond donors (Lipinski definition) is 0. The number of likely N-dealkylation sites (N-methyl/N-ethyl adjacent to an activating group) is 1. The number of carboxylic acids is 1. The number of carbonyl (C=O) groups is 3. The summed E-state index contributed by atoms with van der Waals surface area (Å²) in [6.45, 7) is 4.52. The van der Waals surface area contributed by atoms with Gasteiger partial charge in [0.15, 0.2) is 6.10 Å². The third-order valence-electron chi connectivity index (χ3n) is 11.8. The van der Waals surface area contributed by atoms with Crippen molar-refractivity contribution in [3.05, 3.63) is 85.1 Å². The summed E-state index contributed by atoms with van der Waals surface area (Å²) >= 11 is 0. The van der Waals surface area contributed by atoms with Gasteiger partial charge in [-0.25, -0.2) is 0 Å². The molecule has 2 atom stereocenters. The Morgan fingerprint density at radius 1 is 0.463 bits per heavy atom. The largest absolute Gasteiger partial charge is 0.544 e. The first kappa shape index (κ1) is 63.5. The predicted octanol–water partition coefficient (Wildman–Crippen LogP) is 14.7. The zero-order valence-corrected chi connectivity index (χ0v) is 43.8. The van der Waals surface area contributed by atoms with Crippen molar-refractivity contribution in [2.75, 3.05) is 41.0 Å². The molecular formula is C59H101NO7. The highest BCUT2D eigenvalue weighted by Crippen LogP contribution is 2.14. The quantitative estimate of drug-likeness (QED) is 0.0259. The average molecular weight is 936 g/mol. The van der Waals surface area contributed by atoms with Crippen LogP contribution in [0.3, 0.4) is 0 Å². The molecule has 67 heavy (non-hydrogen) atoms. The van der Waals surface area contributed by atoms with Crippen molar-refractivity contribution in [2.45, 2.75) is 231 Å². The van der Waals surface area contributed by atoms with Crippen molar-refractivity contribution in [3.8, 4) is 0 Å². The second-order valence-corrected chi connectivity index (χ2v) is 19.1. The van der Waals surface area contributed by atoms with Crippen molar-refractivity contribution in [2.24, 2.45) is 0 Å². The van der Waals surface area contributed by atoms with Gasteiger partial charge in [-0.3, -0.25) is 9.59 Å². The number of esters is 2. The molecule has 0 aromatic carbocycles. The summed E-state index contributed by atoms with van der Waals surface area (Å²) in [4.78, 5) is 37.1. The molecule has 0 aromatic rings. The first-order valence-corrected chi connectivity index (χ1v) is 27.1. The number of rotatable bonds is 48. The minimum absolute atomic E-state index is 0.0233. The normalized spacial score (nSPS) is 13.5. The molecule has 0 aliphatic rings. The Morgan fingerprint density at radius 3 is 1.24 bits per heavy atom. The molecule has 0 bridgehead atoms. The number of carbonyl (C=O) groups excluding carboxylic acids is 3. The fourth-order valence-corrected chi connectivity index (χ4v) is 7.60. The van der Waals surface area contributed by atoms with E-state index in [9.17, 15) is 19.5 Å². The highest BCUT2D eigenvalue weighted by molar-refractivity contribution is 5.70. The molecule has 0 spiro atoms. The molecule has 0 amide bonds. The van der Waals surface area contributed by atoms with Gasteiger partial charge < -0.3 is 28.6 Å². The van der Waals surface area contributed by atoms with Crippen LogP contribution in [0.2, 0.25) is 0 Å². The van der Waals surface area contributed by atoms with Gasteiger partial charge in [0.25, 0.3) is 0 Å². The fraction of sp³-hybridized carbons (Fsp3) is 0.712. The van der Waals surface area contributed by atoms with Gasteiger partial charge in [-0.05, 0) is 89.9 Å². The van der Waals surface area contributed by atoms with Crippen LogP contribution in [-0.4, -0.2) is 75.5 Å². The van der Waals surface area contributed by atoms with Crippen LogP contribution in [0, 0.1) is 0 Å². The van der Waals surface area contributed by atoms with Crippen molar-refractivity contribution in [3.63, 3.8) is 0 Å². The number of unbranched alkanes of at least 4 members (excludes halogenated alkanes) is 20. The summed E-state index contributed by atoms with van der Waals surface area (Å²) in [6, 6.07) is -0.738. The highest BCUT2D eigenvalue weighted by atomic mass is 16.6. The topological polar surface area (TPSA) is 102 Å². The van der Waals surface area contributed by atoms with Crippen LogP contribution in [0.5, 0.6) is 0 Å². The number of quaternary nitrogens is 1. The van der Waals surface area contributed by atoms with E-state index >= 15 is 0 Å². The lowest BCUT2D eigenvalue weighted by atomic mass is 10.1. The molecule has 2 unspecified atom stereocenters. The number of carboxylic acid groups (broad SMARTS) is 1. The predicted molar refractivity (Wildman–Crippen MR) is 282 cm³/mol. The second-order valence-electron chi connectivity index (χ2n) is 19.1. The number of nitrogens with zero attached hydrogens (tertiary/aromatic N) is 1. The van der Waals surface area contributed by atoms with Gasteiger partial charge in [0.2, 0.25) is 0 Å². The lowest BCUT2D eigenvalue weighted by Crippen LogP contribution is -2.55. The van der Waals surface area contributed by atoms with Gasteiger partial charge in [-0.2, -0.15) is 0 Å². The van der Waals surface area contributed by atoms with Crippen molar-refractivity contribution < 1.29 is 38.2 Å². The standard InChI is InChI=1S/C59H101NO7/c1-6-8-10-12-14-16-18-20-22-24-26-28-29-30-32-33-35-37-39-41-43-45-47-49-57(61)66-54-55(53-65-52-51-56(59(63)64)60(3,4)5)67-58(62)50-48-46-44-42-40-38-36-34-31-27-25-23-21-19-17-15-13-11-9-7-2/h9,11,15,17,21,23,26-28,30-32,36,38,55-56H,6-8,10,12-14,16,18-20,22,24-25,29,33-35,37,39-54H2,1-5H3/b11-9+,17-15+,23-21+,28-26+,31-27+,32-30+,38-36+. The van der Waals surface area contributed by atoms with Crippen LogP contribution in [0.15, 0.2) is 85.1 Å². The molecular weight excluding hydrogens is 835 g/mol. The molecule has 8 heteroatoms. The summed E-state index contributed by atoms with van der Waals surface area (Å²) in [5.74, 6) is -1.78. The molecule has 0 N–H and O–H groups in total. The van der Waals surface area contributed by atoms with E-state index in [2.05, 4.69) is 98.9 Å². The van der Waals surface area contributed by atoms with E-state index in [0.717, 1.165) is 96.3 Å². The van der Waals surface area contributed by atoms with Gasteiger partial charge in [0.05, 0.1) is 40.3 Å². The molecule has 0 aliphatic carbocycles. The van der Waals surface area contributed by atoms with Crippen LogP contribution >= 0.6 is 0 Å². The Hall–Kier alpha value is -3.49. The van der Waals surface area contributed by atoms with Crippen LogP contribution in [0.25, 0.3) is 0 Å². The van der Waals surface area contributed by atoms with E-state index in [1.807, 2.05) is 0 Å². The summed E-state index contributed by atoms with van der Waals surface area (Å²) in [5, 5.41) is 11.7. The maximum Gasteiger partial charge on any atom is 0.306 e. The Bertz CT molecular complexity index is 1370. The minimum Gasteiger partial charge on any atom is -0.544 e. The average Bonchev–Trinajstić information content (AvgIpc) is 3.29. The zero-order chi connectivity index (χ0) is 49.2. The van der Waals surface area contributed by atoms with Crippen molar-refractivity contribution in [1.29, 1.82) is 0 Å². The van der Waals surface area contributed by atoms with Crippen LogP contribution in [0.1, 0.15) is 219 Å². The number of hydrogen-bond acceptors (Lipinski definition) is 7. The molecule has 0 rings (SSSR count). The number of allylic oxidation sites excluding steroid dienone is 14. The summed E-state index contributed by atoms with van der Waals surface area (Å²) in [7, 11) is 5.40. The summed E-state index contributed by atoms with van der Waals surface area (Å²) < 4.78 is 17.2. The second kappa shape index (κ2) is 48.9. The molecule has 0 fully saturated rings. The van der Waals surface area contributed by atoms with Gasteiger partial charge >= 0.3 is 11.9 Å². The van der Waals surface area contributed by atoms with Gasteiger partial charge in [0, 0.05) is 19.3 Å². The van der Waals surface area contributed by atoms with E-state index in [1.165, 1.54) is 89.9 Å². The van der Waals surface area contributed by atoms with E-state index < -0.39 is 18.1 Å². The van der Waals surface area contributed by atoms with Gasteiger partial charge in [-0.1, -0.05) is 195 Å². The first-order valence-electron chi connectivity index (χ1n) is 27.1. The molecule has 0 heterocycles. The molecule has 0 aliphatic heterocycles. The van der Waals surface area contributed by atoms with E-state index in [-0.39, 0.29) is 49.1 Å². The Morgan fingerprint density at radius 2 is 0.836 bits per heavy atom. The fourth-order valence-electron chi connectivity index (χ4n) is 7.60. The number of aliphatic carboxylic acids is 1. The number of ether oxygens (including phenoxy) is 3. The first-order chi connectivity index (χ1) is 32.6. The Labute approximate surface area is 412 Å². The third-order valence-corrected chi connectivity index (χ3v) is 11.8. The van der Waals surface area contributed by atoms with Crippen molar-refractivity contribution in [1.82, 2.24) is 0 Å². The Kier molecular flexibility index (Phi) is 46.4. The van der Waals surface area contributed by atoms with Gasteiger partial charge in [-0.15, -0.1) is 0 Å². The minimum atomic E-state index is -1.13. The van der Waals surface area contributed by atoms with Crippen LogP contribution < -0.4 is 5.11 Å². The molecule has 384 valence electrons. The van der Waals surface area contributed by atoms with Crippen LogP contribution in [-0.2, 0) is 28.6 Å². The summed E-state index contributed by atoms with van der Waals surface area (Å²) in [5.41, 5.74) is 0. The smallest absolute Gasteiger partial charge is 0.306 e. The Balaban J connectivity index is 4.29. The van der Waals surface area contributed by atoms with Crippen LogP contribution in [0.4, 0.5) is 0 Å². The van der Waals surface area contributed by atoms with E-state index in [0.29, 0.717) is 6.42 Å². The lowest BCUT2D eigenvalue weighted by molar-refractivity contribution is -0.889. The maximum absolute atomic E-state index is 12.8. The SMILES string of the molecule is CC/C=C/C/C=C/C/C=C/C/C=C/C/C=C/CCCCCCC(=O)OC(COCCC(C(=O)[O-])[N+](C)(C)C)COC(=O)CCCCCCCCC/C=C/C/C=C/CCCCCCCCCCC. The molecule has 0 saturated heterocycles. The summed E-state index contributed by atoms with van der Waals surface area (Å²) in [6.07, 6.45) is 64.8. The van der Waals surface area contributed by atoms with E-state index in [1.54, 1.807) is 21.1 Å². The lowest BCUT2D eigenvalue weighted by Gasteiger charge is -2.34. The molecule has 0 aromatic heterocycles. The van der Waals surface area contributed by atoms with Crippen molar-refractivity contribution >= 4 is 17.9 Å². The molecule has 8 nitrogen and oxygen atoms in total. The third kappa shape index (κ3) is 47.4. The molecule has 0 radical (unpaired) electrons. The monoisotopic (exact) mass is 936 g/mol. The molecule has 0 saturated carbocycles. The highest BCUT2D eigenvalue weighted by Gasteiger charge is 2.25. The van der Waals surface area contributed by atoms with Gasteiger partial charge in [0.1, 0.15) is 12.6 Å². The van der Waals surface area contributed by atoms with E-state index in [4.69, 9.17) is 14.2 Å². The maximum atomic E-state index is 12.8. The zero-order valence-electron chi connectivity index (χ0n) is 43.8.